The third-order valence-electron chi connectivity index (χ3n) is 4.72. The molecule has 2 heterocycles. The third kappa shape index (κ3) is 6.09. The Bertz CT molecular complexity index is 761. The Kier molecular flexibility index (Phi) is 9.72. The minimum absolute atomic E-state index is 0. The van der Waals surface area contributed by atoms with Gasteiger partial charge in [-0.25, -0.2) is 9.37 Å². The molecule has 1 saturated heterocycles. The summed E-state index contributed by atoms with van der Waals surface area (Å²) in [5.74, 6) is 1.03. The Hall–Kier alpha value is -1.83. The average Bonchev–Trinajstić information content (AvgIpc) is 3.12. The first-order valence-corrected chi connectivity index (χ1v) is 9.21. The van der Waals surface area contributed by atoms with Gasteiger partial charge in [-0.3, -0.25) is 0 Å². The van der Waals surface area contributed by atoms with Crippen LogP contribution in [-0.2, 0) is 6.42 Å². The number of anilines is 4. The number of nitrogens with zero attached hydrogens (tertiary/aromatic N) is 3. The maximum Gasteiger partial charge on any atom is 0.229 e. The van der Waals surface area contributed by atoms with Crippen molar-refractivity contribution in [1.29, 1.82) is 0 Å². The van der Waals surface area contributed by atoms with Gasteiger partial charge in [0.1, 0.15) is 11.6 Å². The highest BCUT2D eigenvalue weighted by Crippen LogP contribution is 2.24. The monoisotopic (exact) mass is 430 g/mol. The molecule has 1 aromatic heterocycles. The number of nitrogens with one attached hydrogen (secondary N) is 2. The van der Waals surface area contributed by atoms with Crippen molar-refractivity contribution in [3.8, 4) is 0 Å². The topological polar surface area (TPSA) is 79.1 Å². The lowest BCUT2D eigenvalue weighted by Gasteiger charge is -2.19. The number of halogens is 3. The average molecular weight is 431 g/mol. The normalized spacial score (nSPS) is 15.7. The SMILES string of the molecule is CCCCc1cc(N2CC[C@H](NC)C2)nc(Nc2ccc(F)c(N)c2)n1.Cl.Cl. The molecule has 6 nitrogen and oxygen atoms in total. The van der Waals surface area contributed by atoms with Crippen molar-refractivity contribution in [2.75, 3.05) is 36.1 Å². The van der Waals surface area contributed by atoms with Crippen LogP contribution in [0.2, 0.25) is 0 Å². The quantitative estimate of drug-likeness (QED) is 0.577. The first-order valence-electron chi connectivity index (χ1n) is 9.21. The lowest BCUT2D eigenvalue weighted by Crippen LogP contribution is -2.30. The van der Waals surface area contributed by atoms with Crippen molar-refractivity contribution in [3.05, 3.63) is 35.8 Å². The molecule has 0 unspecified atom stereocenters. The van der Waals surface area contributed by atoms with Gasteiger partial charge in [0.25, 0.3) is 0 Å². The van der Waals surface area contributed by atoms with Crippen molar-refractivity contribution in [2.24, 2.45) is 0 Å². The van der Waals surface area contributed by atoms with Gasteiger partial charge < -0.3 is 21.3 Å². The van der Waals surface area contributed by atoms with E-state index in [0.717, 1.165) is 50.3 Å². The largest absolute Gasteiger partial charge is 0.396 e. The number of aromatic nitrogens is 2. The predicted molar refractivity (Wildman–Crippen MR) is 119 cm³/mol. The van der Waals surface area contributed by atoms with Crippen LogP contribution in [0.4, 0.5) is 27.5 Å². The van der Waals surface area contributed by atoms with E-state index in [4.69, 9.17) is 5.73 Å². The molecule has 1 atom stereocenters. The van der Waals surface area contributed by atoms with Crippen molar-refractivity contribution in [1.82, 2.24) is 15.3 Å². The molecule has 28 heavy (non-hydrogen) atoms. The number of rotatable bonds is 7. The molecule has 2 aromatic rings. The molecule has 1 aliphatic rings. The summed E-state index contributed by atoms with van der Waals surface area (Å²) in [7, 11) is 1.99. The number of nitrogen functional groups attached to an aromatic ring is 1. The summed E-state index contributed by atoms with van der Waals surface area (Å²) < 4.78 is 13.4. The van der Waals surface area contributed by atoms with Crippen molar-refractivity contribution in [3.63, 3.8) is 0 Å². The van der Waals surface area contributed by atoms with E-state index in [0.29, 0.717) is 17.7 Å². The number of aryl methyl sites for hydroxylation is 1. The zero-order chi connectivity index (χ0) is 18.5. The smallest absolute Gasteiger partial charge is 0.229 e. The number of unbranched alkanes of at least 4 members (excludes halogenated alkanes) is 1. The van der Waals surface area contributed by atoms with Gasteiger partial charge in [0.05, 0.1) is 5.69 Å². The Labute approximate surface area is 178 Å². The standard InChI is InChI=1S/C19H27FN6.2ClH/c1-3-4-5-13-11-18(26-9-8-15(12-26)22-2)25-19(23-13)24-14-6-7-16(20)17(21)10-14;;/h6-7,10-11,15,22H,3-5,8-9,12,21H2,1-2H3,(H,23,24,25);2*1H/t15-;;/m0../s1. The van der Waals surface area contributed by atoms with E-state index in [1.807, 2.05) is 7.05 Å². The number of nitrogens with two attached hydrogens (primary N) is 1. The Balaban J connectivity index is 0.00000196. The molecular formula is C19H29Cl2FN6. The van der Waals surface area contributed by atoms with Crippen LogP contribution in [0, 0.1) is 5.82 Å². The van der Waals surface area contributed by atoms with E-state index < -0.39 is 5.82 Å². The van der Waals surface area contributed by atoms with Gasteiger partial charge in [0.2, 0.25) is 5.95 Å². The van der Waals surface area contributed by atoms with E-state index in [9.17, 15) is 4.39 Å². The molecule has 1 aromatic carbocycles. The number of hydrogen-bond acceptors (Lipinski definition) is 6. The maximum atomic E-state index is 13.4. The first kappa shape index (κ1) is 24.2. The van der Waals surface area contributed by atoms with Crippen LogP contribution in [0.5, 0.6) is 0 Å². The van der Waals surface area contributed by atoms with E-state index in [2.05, 4.69) is 38.5 Å². The fraction of sp³-hybridized carbons (Fsp3) is 0.474. The lowest BCUT2D eigenvalue weighted by atomic mass is 10.2. The van der Waals surface area contributed by atoms with E-state index in [1.165, 1.54) is 6.07 Å². The fourth-order valence-electron chi connectivity index (χ4n) is 3.14. The third-order valence-corrected chi connectivity index (χ3v) is 4.72. The predicted octanol–water partition coefficient (Wildman–Crippen LogP) is 3.93. The van der Waals surface area contributed by atoms with Gasteiger partial charge in [-0.1, -0.05) is 13.3 Å². The Morgan fingerprint density at radius 2 is 2.04 bits per heavy atom. The zero-order valence-corrected chi connectivity index (χ0v) is 17.9. The molecule has 0 bridgehead atoms. The van der Waals surface area contributed by atoms with Gasteiger partial charge in [0.15, 0.2) is 0 Å². The highest BCUT2D eigenvalue weighted by molar-refractivity contribution is 5.85. The number of hydrogen-bond donors (Lipinski definition) is 3. The molecule has 0 radical (unpaired) electrons. The number of benzene rings is 1. The van der Waals surface area contributed by atoms with Gasteiger partial charge in [0, 0.05) is 36.6 Å². The van der Waals surface area contributed by atoms with Gasteiger partial charge in [-0.15, -0.1) is 24.8 Å². The van der Waals surface area contributed by atoms with Gasteiger partial charge in [-0.05, 0) is 44.5 Å². The molecule has 3 rings (SSSR count). The second-order valence-corrected chi connectivity index (χ2v) is 6.73. The van der Waals surface area contributed by atoms with E-state index in [-0.39, 0.29) is 30.5 Å². The first-order chi connectivity index (χ1) is 12.6. The molecule has 1 aliphatic heterocycles. The molecule has 9 heteroatoms. The summed E-state index contributed by atoms with van der Waals surface area (Å²) >= 11 is 0. The lowest BCUT2D eigenvalue weighted by molar-refractivity contribution is 0.616. The molecule has 4 N–H and O–H groups in total. The Morgan fingerprint density at radius 3 is 2.68 bits per heavy atom. The summed E-state index contributed by atoms with van der Waals surface area (Å²) in [6.07, 6.45) is 4.21. The second kappa shape index (κ2) is 11.2. The fourth-order valence-corrected chi connectivity index (χ4v) is 3.14. The summed E-state index contributed by atoms with van der Waals surface area (Å²) in [5, 5.41) is 6.50. The Morgan fingerprint density at radius 1 is 1.25 bits per heavy atom. The van der Waals surface area contributed by atoms with Crippen molar-refractivity contribution >= 4 is 48.0 Å². The van der Waals surface area contributed by atoms with Crippen LogP contribution in [0.3, 0.4) is 0 Å². The highest BCUT2D eigenvalue weighted by Gasteiger charge is 2.23. The van der Waals surface area contributed by atoms with Crippen molar-refractivity contribution in [2.45, 2.75) is 38.6 Å². The van der Waals surface area contributed by atoms with Gasteiger partial charge in [-0.2, -0.15) is 4.98 Å². The molecule has 0 aliphatic carbocycles. The van der Waals surface area contributed by atoms with Crippen LogP contribution >= 0.6 is 24.8 Å². The van der Waals surface area contributed by atoms with Crippen LogP contribution in [0.1, 0.15) is 31.9 Å². The maximum absolute atomic E-state index is 13.4. The molecule has 0 spiro atoms. The zero-order valence-electron chi connectivity index (χ0n) is 16.2. The highest BCUT2D eigenvalue weighted by atomic mass is 35.5. The number of likely N-dealkylation sites (N-methyl/N-ethyl adjacent to an activating group) is 1. The van der Waals surface area contributed by atoms with Crippen LogP contribution in [0.15, 0.2) is 24.3 Å². The summed E-state index contributed by atoms with van der Waals surface area (Å²) in [5.41, 5.74) is 7.46. The van der Waals surface area contributed by atoms with Crippen molar-refractivity contribution < 1.29 is 4.39 Å². The second-order valence-electron chi connectivity index (χ2n) is 6.73. The minimum atomic E-state index is -0.427. The van der Waals surface area contributed by atoms with E-state index >= 15 is 0 Å². The summed E-state index contributed by atoms with van der Waals surface area (Å²) in [4.78, 5) is 11.6. The molecule has 0 amide bonds. The molecule has 0 saturated carbocycles. The minimum Gasteiger partial charge on any atom is -0.396 e. The molecule has 1 fully saturated rings. The summed E-state index contributed by atoms with van der Waals surface area (Å²) in [6.45, 7) is 4.07. The van der Waals surface area contributed by atoms with E-state index in [1.54, 1.807) is 12.1 Å². The molecular weight excluding hydrogens is 402 g/mol. The van der Waals surface area contributed by atoms with Gasteiger partial charge >= 0.3 is 0 Å². The van der Waals surface area contributed by atoms with Crippen LogP contribution in [-0.4, -0.2) is 36.1 Å². The molecule has 156 valence electrons. The van der Waals surface area contributed by atoms with Crippen LogP contribution < -0.4 is 21.3 Å². The summed E-state index contributed by atoms with van der Waals surface area (Å²) in [6, 6.07) is 7.11. The van der Waals surface area contributed by atoms with Crippen LogP contribution in [0.25, 0.3) is 0 Å².